The molecular weight excluding hydrogens is 343 g/mol. The highest BCUT2D eigenvalue weighted by molar-refractivity contribution is 5.92. The van der Waals surface area contributed by atoms with Crippen molar-refractivity contribution in [3.8, 4) is 0 Å². The van der Waals surface area contributed by atoms with E-state index in [1.54, 1.807) is 12.3 Å². The summed E-state index contributed by atoms with van der Waals surface area (Å²) in [6, 6.07) is 5.57. The highest BCUT2D eigenvalue weighted by Gasteiger charge is 2.31. The molecule has 3 rings (SSSR count). The molecule has 0 unspecified atom stereocenters. The molecule has 1 aliphatic heterocycles. The summed E-state index contributed by atoms with van der Waals surface area (Å²) in [6.45, 7) is 4.45. The summed E-state index contributed by atoms with van der Waals surface area (Å²) in [5.74, 6) is 0.573. The van der Waals surface area contributed by atoms with E-state index in [0.717, 1.165) is 18.3 Å². The number of fused-ring (bicyclic) bond motifs is 1. The lowest BCUT2D eigenvalue weighted by Crippen LogP contribution is -2.32. The number of aromatic nitrogens is 2. The molecule has 2 heterocycles. The number of nitrogens with one attached hydrogen (secondary N) is 1. The van der Waals surface area contributed by atoms with E-state index in [9.17, 15) is 18.0 Å². The highest BCUT2D eigenvalue weighted by atomic mass is 19.4. The molecule has 1 aromatic carbocycles. The molecule has 1 aliphatic rings. The van der Waals surface area contributed by atoms with Gasteiger partial charge in [0.05, 0.1) is 5.56 Å². The summed E-state index contributed by atoms with van der Waals surface area (Å²) in [6.07, 6.45) is -0.460. The Hall–Kier alpha value is -2.31. The lowest BCUT2D eigenvalue weighted by Gasteiger charge is -2.24. The van der Waals surface area contributed by atoms with Crippen molar-refractivity contribution in [2.45, 2.75) is 57.8 Å². The van der Waals surface area contributed by atoms with E-state index in [1.807, 2.05) is 18.4 Å². The summed E-state index contributed by atoms with van der Waals surface area (Å²) in [5.41, 5.74) is 0.412. The molecule has 2 aromatic rings. The Bertz CT molecular complexity index is 798. The van der Waals surface area contributed by atoms with Gasteiger partial charge in [-0.05, 0) is 31.4 Å². The smallest absolute Gasteiger partial charge is 0.348 e. The van der Waals surface area contributed by atoms with E-state index < -0.39 is 11.7 Å². The van der Waals surface area contributed by atoms with Gasteiger partial charge in [0.25, 0.3) is 5.91 Å². The van der Waals surface area contributed by atoms with Gasteiger partial charge in [0.2, 0.25) is 0 Å². The topological polar surface area (TPSA) is 46.9 Å². The first kappa shape index (κ1) is 18.5. The Kier molecular flexibility index (Phi) is 5.07. The van der Waals surface area contributed by atoms with Crippen molar-refractivity contribution in [3.63, 3.8) is 0 Å². The van der Waals surface area contributed by atoms with Crippen LogP contribution in [0.25, 0.3) is 0 Å². The van der Waals surface area contributed by atoms with Gasteiger partial charge in [-0.2, -0.15) is 13.2 Å². The third-order valence-corrected chi connectivity index (χ3v) is 4.90. The zero-order valence-electron chi connectivity index (χ0n) is 14.8. The third kappa shape index (κ3) is 3.92. The van der Waals surface area contributed by atoms with Crippen molar-refractivity contribution < 1.29 is 18.0 Å². The summed E-state index contributed by atoms with van der Waals surface area (Å²) in [4.78, 5) is 16.6. The monoisotopic (exact) mass is 365 g/mol. The molecule has 1 aromatic heterocycles. The van der Waals surface area contributed by atoms with E-state index in [0.29, 0.717) is 30.6 Å². The number of hydrogen-bond acceptors (Lipinski definition) is 2. The molecule has 140 valence electrons. The summed E-state index contributed by atoms with van der Waals surface area (Å²) >= 11 is 0. The zero-order chi connectivity index (χ0) is 18.9. The minimum absolute atomic E-state index is 0.0236. The Morgan fingerprint density at radius 2 is 2.19 bits per heavy atom. The van der Waals surface area contributed by atoms with E-state index >= 15 is 0 Å². The largest absolute Gasteiger partial charge is 0.416 e. The molecule has 0 saturated carbocycles. The molecule has 7 heteroatoms. The van der Waals surface area contributed by atoms with Crippen LogP contribution in [0.1, 0.15) is 60.0 Å². The number of rotatable bonds is 4. The van der Waals surface area contributed by atoms with Crippen LogP contribution in [0.2, 0.25) is 0 Å². The van der Waals surface area contributed by atoms with E-state index in [-0.39, 0.29) is 17.9 Å². The van der Waals surface area contributed by atoms with Crippen molar-refractivity contribution >= 4 is 5.91 Å². The molecular formula is C19H22F3N3O. The quantitative estimate of drug-likeness (QED) is 0.884. The van der Waals surface area contributed by atoms with Crippen molar-refractivity contribution in [1.82, 2.24) is 14.9 Å². The Morgan fingerprint density at radius 1 is 1.42 bits per heavy atom. The second-order valence-corrected chi connectivity index (χ2v) is 6.84. The van der Waals surface area contributed by atoms with Gasteiger partial charge < -0.3 is 9.88 Å². The molecule has 0 spiro atoms. The maximum Gasteiger partial charge on any atom is 0.416 e. The number of alkyl halides is 3. The molecule has 0 fully saturated rings. The van der Waals surface area contributed by atoms with Crippen molar-refractivity contribution in [2.75, 3.05) is 0 Å². The average molecular weight is 365 g/mol. The van der Waals surface area contributed by atoms with Gasteiger partial charge in [0.15, 0.2) is 0 Å². The number of carbonyl (C=O) groups excluding carboxylic acids is 1. The summed E-state index contributed by atoms with van der Waals surface area (Å²) in [7, 11) is 0. The molecule has 1 N–H and O–H groups in total. The first-order valence-corrected chi connectivity index (χ1v) is 8.82. The number of benzene rings is 1. The Balaban J connectivity index is 1.77. The van der Waals surface area contributed by atoms with E-state index in [4.69, 9.17) is 0 Å². The number of halogens is 3. The fourth-order valence-corrected chi connectivity index (χ4v) is 3.19. The van der Waals surface area contributed by atoms with Gasteiger partial charge in [-0.15, -0.1) is 0 Å². The molecule has 0 aliphatic carbocycles. The summed E-state index contributed by atoms with van der Waals surface area (Å²) < 4.78 is 40.7. The van der Waals surface area contributed by atoms with Gasteiger partial charge in [-0.3, -0.25) is 4.79 Å². The second-order valence-electron chi connectivity index (χ2n) is 6.84. The normalized spacial score (nSPS) is 18.3. The predicted octanol–water partition coefficient (Wildman–Crippen LogP) is 4.16. The number of nitrogens with zero attached hydrogens (tertiary/aromatic N) is 2. The van der Waals surface area contributed by atoms with Crippen LogP contribution in [0.5, 0.6) is 0 Å². The molecule has 0 bridgehead atoms. The van der Waals surface area contributed by atoms with Gasteiger partial charge in [0, 0.05) is 31.1 Å². The number of hydrogen-bond donors (Lipinski definition) is 1. The van der Waals surface area contributed by atoms with Crippen molar-refractivity contribution in [1.29, 1.82) is 0 Å². The number of aryl methyl sites for hydroxylation is 1. The minimum atomic E-state index is -4.34. The highest BCUT2D eigenvalue weighted by Crippen LogP contribution is 2.34. The van der Waals surface area contributed by atoms with E-state index in [1.165, 1.54) is 12.1 Å². The SMILES string of the molecule is CC[C@H](C)NC(=O)c1cn2c(n1)CC[C@@H](c1cccc(C(F)(F)F)c1)C2. The van der Waals surface area contributed by atoms with Crippen molar-refractivity contribution in [3.05, 3.63) is 53.1 Å². The van der Waals surface area contributed by atoms with Gasteiger partial charge in [-0.1, -0.05) is 25.1 Å². The molecule has 2 atom stereocenters. The van der Waals surface area contributed by atoms with Gasteiger partial charge >= 0.3 is 6.18 Å². The van der Waals surface area contributed by atoms with Crippen LogP contribution >= 0.6 is 0 Å². The molecule has 0 radical (unpaired) electrons. The zero-order valence-corrected chi connectivity index (χ0v) is 14.8. The lowest BCUT2D eigenvalue weighted by molar-refractivity contribution is -0.137. The standard InChI is InChI=1S/C19H22F3N3O/c1-3-12(2)23-18(26)16-11-25-10-14(7-8-17(25)24-16)13-5-4-6-15(9-13)19(20,21)22/h4-6,9,11-12,14H,3,7-8,10H2,1-2H3,(H,23,26)/t12-,14+/m0/s1. The van der Waals surface area contributed by atoms with E-state index in [2.05, 4.69) is 10.3 Å². The number of amides is 1. The average Bonchev–Trinajstić information content (AvgIpc) is 3.04. The van der Waals surface area contributed by atoms with Gasteiger partial charge in [-0.25, -0.2) is 4.98 Å². The predicted molar refractivity (Wildman–Crippen MR) is 92.0 cm³/mol. The fraction of sp³-hybridized carbons (Fsp3) is 0.474. The van der Waals surface area contributed by atoms with Crippen LogP contribution in [-0.4, -0.2) is 21.5 Å². The summed E-state index contributed by atoms with van der Waals surface area (Å²) in [5, 5.41) is 2.88. The Morgan fingerprint density at radius 3 is 2.88 bits per heavy atom. The Labute approximate surface area is 150 Å². The maximum atomic E-state index is 12.9. The molecule has 4 nitrogen and oxygen atoms in total. The number of carbonyl (C=O) groups is 1. The van der Waals surface area contributed by atoms with Gasteiger partial charge in [0.1, 0.15) is 11.5 Å². The van der Waals surface area contributed by atoms with Crippen LogP contribution in [0.4, 0.5) is 13.2 Å². The molecule has 26 heavy (non-hydrogen) atoms. The minimum Gasteiger partial charge on any atom is -0.348 e. The molecule has 0 saturated heterocycles. The molecule has 1 amide bonds. The first-order chi connectivity index (χ1) is 12.3. The van der Waals surface area contributed by atoms with Crippen LogP contribution < -0.4 is 5.32 Å². The fourth-order valence-electron chi connectivity index (χ4n) is 3.19. The van der Waals surface area contributed by atoms with Crippen LogP contribution in [-0.2, 0) is 19.1 Å². The third-order valence-electron chi connectivity index (χ3n) is 4.90. The van der Waals surface area contributed by atoms with Crippen LogP contribution in [0, 0.1) is 0 Å². The van der Waals surface area contributed by atoms with Crippen LogP contribution in [0.15, 0.2) is 30.5 Å². The maximum absolute atomic E-state index is 12.9. The number of imidazole rings is 1. The van der Waals surface area contributed by atoms with Crippen molar-refractivity contribution in [2.24, 2.45) is 0 Å². The van der Waals surface area contributed by atoms with Crippen LogP contribution in [0.3, 0.4) is 0 Å². The second kappa shape index (κ2) is 7.13. The lowest BCUT2D eigenvalue weighted by atomic mass is 9.90. The first-order valence-electron chi connectivity index (χ1n) is 8.82.